The molecule has 0 aromatic carbocycles. The van der Waals surface area contributed by atoms with Crippen molar-refractivity contribution < 1.29 is 8.42 Å². The molecule has 1 fully saturated rings. The highest BCUT2D eigenvalue weighted by molar-refractivity contribution is 7.99. The molecule has 1 saturated heterocycles. The van der Waals surface area contributed by atoms with Crippen molar-refractivity contribution in [2.45, 2.75) is 24.8 Å². The molecule has 2 rings (SSSR count). The molecule has 0 spiro atoms. The van der Waals surface area contributed by atoms with E-state index in [1.807, 2.05) is 11.8 Å². The van der Waals surface area contributed by atoms with Crippen LogP contribution in [0.5, 0.6) is 0 Å². The van der Waals surface area contributed by atoms with Gasteiger partial charge in [0.05, 0.1) is 11.4 Å². The van der Waals surface area contributed by atoms with Crippen molar-refractivity contribution in [3.05, 3.63) is 11.4 Å². The molecular formula is C11H20N4O2S2. The van der Waals surface area contributed by atoms with Crippen LogP contribution in [0.25, 0.3) is 0 Å². The van der Waals surface area contributed by atoms with Gasteiger partial charge in [-0.05, 0) is 26.1 Å². The number of aromatic amines is 1. The van der Waals surface area contributed by atoms with Gasteiger partial charge in [0.2, 0.25) is 10.0 Å². The fourth-order valence-corrected chi connectivity index (χ4v) is 5.00. The van der Waals surface area contributed by atoms with Crippen LogP contribution in [0.3, 0.4) is 0 Å². The number of sulfonamides is 1. The maximum Gasteiger partial charge on any atom is 0.246 e. The average Bonchev–Trinajstić information content (AvgIpc) is 2.60. The van der Waals surface area contributed by atoms with E-state index in [4.69, 9.17) is 0 Å². The van der Waals surface area contributed by atoms with E-state index >= 15 is 0 Å². The van der Waals surface area contributed by atoms with E-state index in [1.54, 1.807) is 18.3 Å². The molecular weight excluding hydrogens is 284 g/mol. The second kappa shape index (κ2) is 6.25. The molecule has 1 aromatic rings. The molecule has 1 aliphatic heterocycles. The summed E-state index contributed by atoms with van der Waals surface area (Å²) in [4.78, 5) is 0.341. The lowest BCUT2D eigenvalue weighted by atomic mass is 10.4. The predicted octanol–water partition coefficient (Wildman–Crippen LogP) is 0.565. The van der Waals surface area contributed by atoms with Crippen molar-refractivity contribution >= 4 is 21.8 Å². The fraction of sp³-hybridized carbons (Fsp3) is 0.727. The lowest BCUT2D eigenvalue weighted by Gasteiger charge is -2.20. The zero-order valence-electron chi connectivity index (χ0n) is 11.3. The third-order valence-corrected chi connectivity index (χ3v) is 6.24. The van der Waals surface area contributed by atoms with Crippen molar-refractivity contribution in [2.75, 3.05) is 31.6 Å². The van der Waals surface area contributed by atoms with Gasteiger partial charge in [-0.3, -0.25) is 5.10 Å². The minimum atomic E-state index is -3.44. The highest BCUT2D eigenvalue weighted by Crippen LogP contribution is 2.24. The van der Waals surface area contributed by atoms with Gasteiger partial charge in [-0.1, -0.05) is 0 Å². The van der Waals surface area contributed by atoms with Crippen LogP contribution in [0.1, 0.15) is 17.8 Å². The van der Waals surface area contributed by atoms with E-state index in [0.29, 0.717) is 35.9 Å². The topological polar surface area (TPSA) is 78.1 Å². The molecule has 2 N–H and O–H groups in total. The first-order valence-electron chi connectivity index (χ1n) is 6.33. The zero-order valence-corrected chi connectivity index (χ0v) is 12.9. The van der Waals surface area contributed by atoms with Gasteiger partial charge in [0.15, 0.2) is 0 Å². The van der Waals surface area contributed by atoms with Crippen molar-refractivity contribution in [1.82, 2.24) is 19.8 Å². The Kier molecular flexibility index (Phi) is 4.88. The SMILES string of the molecule is CNCc1n[nH]c(C)c1S(=O)(=O)N1CCCSCC1. The molecule has 0 atom stereocenters. The molecule has 0 bridgehead atoms. The van der Waals surface area contributed by atoms with Crippen LogP contribution in [0.4, 0.5) is 0 Å². The van der Waals surface area contributed by atoms with Crippen LogP contribution in [0, 0.1) is 6.92 Å². The summed E-state index contributed by atoms with van der Waals surface area (Å²) in [5.41, 5.74) is 1.18. The number of nitrogens with one attached hydrogen (secondary N) is 2. The molecule has 0 unspecified atom stereocenters. The van der Waals surface area contributed by atoms with Gasteiger partial charge in [0.25, 0.3) is 0 Å². The Bertz CT molecular complexity index is 519. The number of aromatic nitrogens is 2. The molecule has 1 aliphatic rings. The van der Waals surface area contributed by atoms with Crippen molar-refractivity contribution in [3.8, 4) is 0 Å². The third kappa shape index (κ3) is 3.13. The smallest absolute Gasteiger partial charge is 0.246 e. The van der Waals surface area contributed by atoms with Crippen LogP contribution in [0.15, 0.2) is 4.90 Å². The zero-order chi connectivity index (χ0) is 13.9. The predicted molar refractivity (Wildman–Crippen MR) is 76.8 cm³/mol. The first kappa shape index (κ1) is 14.8. The largest absolute Gasteiger partial charge is 0.314 e. The quantitative estimate of drug-likeness (QED) is 0.850. The lowest BCUT2D eigenvalue weighted by Crippen LogP contribution is -2.34. The summed E-state index contributed by atoms with van der Waals surface area (Å²) < 4.78 is 27.1. The normalized spacial score (nSPS) is 18.4. The molecule has 0 amide bonds. The van der Waals surface area contributed by atoms with Crippen molar-refractivity contribution in [1.29, 1.82) is 0 Å². The highest BCUT2D eigenvalue weighted by Gasteiger charge is 2.30. The number of hydrogen-bond donors (Lipinski definition) is 2. The molecule has 108 valence electrons. The Labute approximate surface area is 118 Å². The summed E-state index contributed by atoms with van der Waals surface area (Å²) in [7, 11) is -1.66. The number of H-pyrrole nitrogens is 1. The summed E-state index contributed by atoms with van der Waals surface area (Å²) in [6.07, 6.45) is 0.905. The molecule has 2 heterocycles. The van der Waals surface area contributed by atoms with E-state index in [2.05, 4.69) is 15.5 Å². The van der Waals surface area contributed by atoms with Crippen LogP contribution < -0.4 is 5.32 Å². The monoisotopic (exact) mass is 304 g/mol. The minimum absolute atomic E-state index is 0.341. The van der Waals surface area contributed by atoms with Gasteiger partial charge in [0, 0.05) is 25.4 Å². The molecule has 19 heavy (non-hydrogen) atoms. The van der Waals surface area contributed by atoms with Crippen LogP contribution in [0.2, 0.25) is 0 Å². The summed E-state index contributed by atoms with van der Waals surface area (Å²) in [5, 5.41) is 9.83. The van der Waals surface area contributed by atoms with Crippen LogP contribution in [-0.4, -0.2) is 54.6 Å². The highest BCUT2D eigenvalue weighted by atomic mass is 32.2. The van der Waals surface area contributed by atoms with E-state index in [1.165, 1.54) is 0 Å². The minimum Gasteiger partial charge on any atom is -0.314 e. The molecule has 6 nitrogen and oxygen atoms in total. The summed E-state index contributed by atoms with van der Waals surface area (Å²) in [6.45, 7) is 3.38. The Morgan fingerprint density at radius 3 is 2.95 bits per heavy atom. The van der Waals surface area contributed by atoms with Crippen LogP contribution >= 0.6 is 11.8 Å². The molecule has 0 radical (unpaired) electrons. The number of aryl methyl sites for hydroxylation is 1. The Morgan fingerprint density at radius 2 is 2.21 bits per heavy atom. The summed E-state index contributed by atoms with van der Waals surface area (Å²) in [6, 6.07) is 0. The van der Waals surface area contributed by atoms with E-state index in [0.717, 1.165) is 17.9 Å². The summed E-state index contributed by atoms with van der Waals surface area (Å²) >= 11 is 1.81. The Hall–Kier alpha value is -0.570. The second-order valence-corrected chi connectivity index (χ2v) is 7.62. The Morgan fingerprint density at radius 1 is 1.42 bits per heavy atom. The lowest BCUT2D eigenvalue weighted by molar-refractivity contribution is 0.434. The molecule has 0 saturated carbocycles. The van der Waals surface area contributed by atoms with Gasteiger partial charge in [-0.2, -0.15) is 21.2 Å². The third-order valence-electron chi connectivity index (χ3n) is 3.08. The maximum absolute atomic E-state index is 12.7. The second-order valence-electron chi connectivity index (χ2n) is 4.52. The van der Waals surface area contributed by atoms with E-state index in [-0.39, 0.29) is 0 Å². The Balaban J connectivity index is 2.35. The fourth-order valence-electron chi connectivity index (χ4n) is 2.19. The standard InChI is InChI=1S/C11H20N4O2S2/c1-9-11(10(8-12-2)14-13-9)19(16,17)15-4-3-6-18-7-5-15/h12H,3-8H2,1-2H3,(H,13,14). The summed E-state index contributed by atoms with van der Waals surface area (Å²) in [5.74, 6) is 1.89. The number of thioether (sulfide) groups is 1. The van der Waals surface area contributed by atoms with Gasteiger partial charge >= 0.3 is 0 Å². The number of hydrogen-bond acceptors (Lipinski definition) is 5. The van der Waals surface area contributed by atoms with Crippen LogP contribution in [-0.2, 0) is 16.6 Å². The average molecular weight is 304 g/mol. The molecule has 0 aliphatic carbocycles. The van der Waals surface area contributed by atoms with Crippen molar-refractivity contribution in [2.24, 2.45) is 0 Å². The van der Waals surface area contributed by atoms with E-state index in [9.17, 15) is 8.42 Å². The van der Waals surface area contributed by atoms with Gasteiger partial charge in [-0.15, -0.1) is 0 Å². The van der Waals surface area contributed by atoms with Gasteiger partial charge in [-0.25, -0.2) is 8.42 Å². The van der Waals surface area contributed by atoms with Crippen molar-refractivity contribution in [3.63, 3.8) is 0 Å². The molecule has 1 aromatic heterocycles. The first-order chi connectivity index (χ1) is 9.07. The number of rotatable bonds is 4. The van der Waals surface area contributed by atoms with E-state index < -0.39 is 10.0 Å². The number of nitrogens with zero attached hydrogens (tertiary/aromatic N) is 2. The first-order valence-corrected chi connectivity index (χ1v) is 8.93. The van der Waals surface area contributed by atoms with Gasteiger partial charge in [0.1, 0.15) is 4.90 Å². The van der Waals surface area contributed by atoms with Gasteiger partial charge < -0.3 is 5.32 Å². The maximum atomic E-state index is 12.7. The molecule has 8 heteroatoms.